The Morgan fingerprint density at radius 3 is 1.52 bits per heavy atom. The van der Waals surface area contributed by atoms with Crippen molar-refractivity contribution in [1.82, 2.24) is 0 Å². The molecule has 4 aliphatic rings. The van der Waals surface area contributed by atoms with Crippen LogP contribution >= 0.6 is 0 Å². The summed E-state index contributed by atoms with van der Waals surface area (Å²) in [5.41, 5.74) is 14.6. The van der Waals surface area contributed by atoms with Gasteiger partial charge in [-0.1, -0.05) is 142 Å². The average molecular weight is 797 g/mol. The lowest BCUT2D eigenvalue weighted by molar-refractivity contribution is 0.320. The van der Waals surface area contributed by atoms with E-state index < -0.39 is 8.07 Å². The van der Waals surface area contributed by atoms with Crippen LogP contribution in [-0.4, -0.2) is 8.07 Å². The number of nitrogens with zero attached hydrogens (tertiary/aromatic N) is 2. The molecular weight excluding hydrogens is 741 g/mol. The van der Waals surface area contributed by atoms with Gasteiger partial charge in [-0.25, -0.2) is 0 Å². The first-order valence-electron chi connectivity index (χ1n) is 22.7. The summed E-state index contributed by atoms with van der Waals surface area (Å²) in [6.45, 7) is 5.02. The van der Waals surface area contributed by atoms with E-state index in [1.807, 2.05) is 0 Å². The van der Waals surface area contributed by atoms with Crippen LogP contribution < -0.4 is 20.2 Å². The van der Waals surface area contributed by atoms with E-state index in [0.717, 1.165) is 5.92 Å². The van der Waals surface area contributed by atoms with E-state index in [-0.39, 0.29) is 5.41 Å². The van der Waals surface area contributed by atoms with Crippen LogP contribution in [0.5, 0.6) is 0 Å². The predicted octanol–water partition coefficient (Wildman–Crippen LogP) is 14.6. The average Bonchev–Trinajstić information content (AvgIpc) is 4.00. The fraction of sp³-hybridized carbons (Fsp3) is 0.263. The van der Waals surface area contributed by atoms with E-state index in [9.17, 15) is 0 Å². The highest BCUT2D eigenvalue weighted by Crippen LogP contribution is 2.60. The summed E-state index contributed by atoms with van der Waals surface area (Å²) in [4.78, 5) is 4.91. The summed E-state index contributed by atoms with van der Waals surface area (Å²) in [5, 5.41) is 3.08. The lowest BCUT2D eigenvalue weighted by atomic mass is 9.64. The third kappa shape index (κ3) is 6.27. The molecule has 0 saturated heterocycles. The summed E-state index contributed by atoms with van der Waals surface area (Å²) in [6, 6.07) is 67.2. The van der Waals surface area contributed by atoms with Gasteiger partial charge in [-0.05, 0) is 161 Å². The fourth-order valence-electron chi connectivity index (χ4n) is 12.2. The summed E-state index contributed by atoms with van der Waals surface area (Å²) in [6.07, 6.45) is 12.0. The minimum absolute atomic E-state index is 0.0196. The van der Waals surface area contributed by atoms with Gasteiger partial charge in [0.1, 0.15) is 8.07 Å². The van der Waals surface area contributed by atoms with E-state index in [2.05, 4.69) is 199 Å². The van der Waals surface area contributed by atoms with Crippen molar-refractivity contribution in [2.24, 2.45) is 11.8 Å². The number of para-hydroxylation sites is 2. The Hall–Kier alpha value is -5.64. The molecule has 0 aromatic heterocycles. The Balaban J connectivity index is 0.944. The van der Waals surface area contributed by atoms with Crippen LogP contribution in [0.4, 0.5) is 34.1 Å². The monoisotopic (exact) mass is 796 g/mol. The molecule has 2 nitrogen and oxygen atoms in total. The molecule has 3 fully saturated rings. The molecule has 1 aliphatic heterocycles. The van der Waals surface area contributed by atoms with Gasteiger partial charge in [-0.2, -0.15) is 0 Å². The molecule has 1 heterocycles. The first-order chi connectivity index (χ1) is 29.5. The van der Waals surface area contributed by atoms with E-state index in [0.29, 0.717) is 11.8 Å². The van der Waals surface area contributed by atoms with Gasteiger partial charge in [0, 0.05) is 39.5 Å². The van der Waals surface area contributed by atoms with Crippen molar-refractivity contribution in [3.8, 4) is 11.1 Å². The molecule has 7 aromatic carbocycles. The second kappa shape index (κ2) is 15.1. The van der Waals surface area contributed by atoms with E-state index >= 15 is 0 Å². The maximum Gasteiger partial charge on any atom is 0.113 e. The van der Waals surface area contributed by atoms with Crippen LogP contribution in [0.25, 0.3) is 11.1 Å². The van der Waals surface area contributed by atoms with Gasteiger partial charge in [0.25, 0.3) is 0 Å². The van der Waals surface area contributed by atoms with Crippen LogP contribution in [-0.2, 0) is 5.41 Å². The van der Waals surface area contributed by atoms with Crippen LogP contribution in [0.2, 0.25) is 13.1 Å². The third-order valence-corrected chi connectivity index (χ3v) is 18.8. The summed E-state index contributed by atoms with van der Waals surface area (Å²) >= 11 is 0. The van der Waals surface area contributed by atoms with Gasteiger partial charge in [-0.15, -0.1) is 0 Å². The number of fused-ring (bicyclic) bond motifs is 5. The van der Waals surface area contributed by atoms with Crippen molar-refractivity contribution in [2.75, 3.05) is 9.80 Å². The Bertz CT molecular complexity index is 2610. The van der Waals surface area contributed by atoms with Crippen molar-refractivity contribution >= 4 is 52.6 Å². The lowest BCUT2D eigenvalue weighted by Gasteiger charge is -2.40. The van der Waals surface area contributed by atoms with Gasteiger partial charge >= 0.3 is 0 Å². The van der Waals surface area contributed by atoms with E-state index in [1.54, 1.807) is 5.19 Å². The van der Waals surface area contributed by atoms with Gasteiger partial charge < -0.3 is 9.80 Å². The molecule has 60 heavy (non-hydrogen) atoms. The van der Waals surface area contributed by atoms with Crippen LogP contribution in [0.3, 0.4) is 0 Å². The first-order valence-corrected chi connectivity index (χ1v) is 25.7. The van der Waals surface area contributed by atoms with Gasteiger partial charge in [0.15, 0.2) is 0 Å². The second-order valence-corrected chi connectivity index (χ2v) is 23.1. The first kappa shape index (κ1) is 37.4. The summed E-state index contributed by atoms with van der Waals surface area (Å²) in [7, 11) is -1.83. The van der Waals surface area contributed by atoms with Crippen molar-refractivity contribution < 1.29 is 0 Å². The van der Waals surface area contributed by atoms with Crippen LogP contribution in [0.1, 0.15) is 80.4 Å². The predicted molar refractivity (Wildman–Crippen MR) is 256 cm³/mol. The molecule has 0 radical (unpaired) electrons. The second-order valence-electron chi connectivity index (χ2n) is 18.8. The smallest absolute Gasteiger partial charge is 0.113 e. The molecule has 0 amide bonds. The van der Waals surface area contributed by atoms with Crippen LogP contribution in [0.15, 0.2) is 176 Å². The molecule has 11 rings (SSSR count). The molecule has 298 valence electrons. The Morgan fingerprint density at radius 1 is 0.450 bits per heavy atom. The maximum absolute atomic E-state index is 2.51. The van der Waals surface area contributed by atoms with Crippen molar-refractivity contribution in [3.05, 3.63) is 193 Å². The van der Waals surface area contributed by atoms with Crippen molar-refractivity contribution in [1.29, 1.82) is 0 Å². The number of hydrogen-bond donors (Lipinski definition) is 0. The zero-order chi connectivity index (χ0) is 40.3. The number of hydrogen-bond acceptors (Lipinski definition) is 2. The highest BCUT2D eigenvalue weighted by Gasteiger charge is 2.52. The molecule has 3 unspecified atom stereocenters. The highest BCUT2D eigenvalue weighted by molar-refractivity contribution is 7.03. The molecule has 3 aliphatic carbocycles. The van der Waals surface area contributed by atoms with Gasteiger partial charge in [-0.3, -0.25) is 0 Å². The molecule has 3 atom stereocenters. The zero-order valence-corrected chi connectivity index (χ0v) is 36.2. The molecule has 7 aromatic rings. The topological polar surface area (TPSA) is 6.48 Å². The van der Waals surface area contributed by atoms with Crippen LogP contribution in [0, 0.1) is 11.8 Å². The van der Waals surface area contributed by atoms with E-state index in [1.165, 1.54) is 125 Å². The zero-order valence-electron chi connectivity index (χ0n) is 35.2. The normalized spacial score (nSPS) is 21.4. The number of anilines is 6. The Labute approximate surface area is 358 Å². The van der Waals surface area contributed by atoms with Gasteiger partial charge in [0.2, 0.25) is 0 Å². The van der Waals surface area contributed by atoms with E-state index in [4.69, 9.17) is 0 Å². The lowest BCUT2D eigenvalue weighted by Crippen LogP contribution is -2.49. The van der Waals surface area contributed by atoms with Crippen molar-refractivity contribution in [2.45, 2.75) is 82.2 Å². The minimum atomic E-state index is -1.83. The molecule has 2 bridgehead atoms. The quantitative estimate of drug-likeness (QED) is 0.134. The highest BCUT2D eigenvalue weighted by atomic mass is 28.3. The minimum Gasteiger partial charge on any atom is -0.311 e. The fourth-order valence-corrected chi connectivity index (χ4v) is 15.3. The molecule has 0 N–H and O–H groups in total. The van der Waals surface area contributed by atoms with Crippen molar-refractivity contribution in [3.63, 3.8) is 0 Å². The Morgan fingerprint density at radius 2 is 0.950 bits per heavy atom. The van der Waals surface area contributed by atoms with Gasteiger partial charge in [0.05, 0.1) is 0 Å². The molecule has 0 spiro atoms. The molecule has 3 heteroatoms. The number of rotatable bonds is 9. The molecule has 3 saturated carbocycles. The molecular formula is C57H56N2Si. The standard InChI is InChI=1S/C57H56N2Si/c1-60(2)55-21-13-12-20-53(55)54-37-36-52(39-56(54)60)59(48-18-10-5-11-19-48)51-34-28-45(29-35-51)57(40-41-22-25-46(57)38-41)44-26-32-50(33-27-44)58(47-16-8-4-9-17-47)49-30-23-43(24-31-49)42-14-6-3-7-15-42/h4-5,8-13,16-21,23-24,26-37,39,41-42,46H,3,6-7,14-15,22,25,38,40H2,1-2H3. The largest absolute Gasteiger partial charge is 0.311 e. The summed E-state index contributed by atoms with van der Waals surface area (Å²) < 4.78 is 0. The Kier molecular flexibility index (Phi) is 9.42. The number of benzene rings is 7. The summed E-state index contributed by atoms with van der Waals surface area (Å²) in [5.74, 6) is 2.16. The maximum atomic E-state index is 2.51. The SMILES string of the molecule is C[Si]1(C)c2ccccc2-c2ccc(N(c3ccccc3)c3ccc(C4(c5ccc(N(c6ccccc6)c6ccc(C7CCCCC7)cc6)cc5)CC5CCC4C5)cc3)cc21. The third-order valence-electron chi connectivity index (χ3n) is 15.2.